The second kappa shape index (κ2) is 1.60. The van der Waals surface area contributed by atoms with Gasteiger partial charge in [0.15, 0.2) is 0 Å². The maximum absolute atomic E-state index is 4.06. The van der Waals surface area contributed by atoms with Crippen LogP contribution in [0.4, 0.5) is 0 Å². The van der Waals surface area contributed by atoms with E-state index in [4.69, 9.17) is 0 Å². The summed E-state index contributed by atoms with van der Waals surface area (Å²) in [6.45, 7) is 0. The molecule has 2 rings (SSSR count). The molecule has 0 amide bonds. The van der Waals surface area contributed by atoms with Gasteiger partial charge >= 0.3 is 0 Å². The van der Waals surface area contributed by atoms with Gasteiger partial charge in [-0.05, 0) is 24.5 Å². The van der Waals surface area contributed by atoms with Gasteiger partial charge in [-0.2, -0.15) is 10.5 Å². The predicted octanol–water partition coefficient (Wildman–Crippen LogP) is 1.87. The maximum atomic E-state index is 4.06. The van der Waals surface area contributed by atoms with Crippen LogP contribution in [0.15, 0.2) is 0 Å². The van der Waals surface area contributed by atoms with Gasteiger partial charge in [0, 0.05) is 5.25 Å². The van der Waals surface area contributed by atoms with E-state index in [1.54, 1.807) is 0 Å². The normalized spacial score (nSPS) is 46.0. The fourth-order valence-electron chi connectivity index (χ4n) is 1.39. The number of rotatable bonds is 1. The van der Waals surface area contributed by atoms with Crippen molar-refractivity contribution >= 4 is 16.4 Å². The average molecular weight is 128 g/mol. The van der Waals surface area contributed by atoms with Crippen LogP contribution >= 0.6 is 10.5 Å². The summed E-state index contributed by atoms with van der Waals surface area (Å²) in [7, 11) is 0.622. The molecule has 2 unspecified atom stereocenters. The molecule has 0 aromatic rings. The molecule has 0 spiro atoms. The summed E-state index contributed by atoms with van der Waals surface area (Å²) in [4.78, 5) is 0. The molecule has 1 aliphatic heterocycles. The van der Waals surface area contributed by atoms with Gasteiger partial charge in [0.2, 0.25) is 0 Å². The summed E-state index contributed by atoms with van der Waals surface area (Å²) >= 11 is 0. The standard InChI is InChI=1S/C7H12S/c1-8-5-7(8)6-3-2-4-6/h6-7H,1-5H2. The Morgan fingerprint density at radius 2 is 2.00 bits per heavy atom. The Kier molecular flexibility index (Phi) is 1.01. The highest BCUT2D eigenvalue weighted by Gasteiger charge is 2.37. The van der Waals surface area contributed by atoms with E-state index >= 15 is 0 Å². The Hall–Kier alpha value is 0.220. The van der Waals surface area contributed by atoms with E-state index in [0.717, 1.165) is 11.2 Å². The molecule has 0 aromatic carbocycles. The molecule has 2 fully saturated rings. The lowest BCUT2D eigenvalue weighted by Crippen LogP contribution is -2.15. The highest BCUT2D eigenvalue weighted by molar-refractivity contribution is 8.21. The summed E-state index contributed by atoms with van der Waals surface area (Å²) in [6, 6.07) is 0. The van der Waals surface area contributed by atoms with Crippen molar-refractivity contribution in [2.75, 3.05) is 5.75 Å². The molecule has 0 N–H and O–H groups in total. The zero-order chi connectivity index (χ0) is 5.56. The molecule has 0 radical (unpaired) electrons. The van der Waals surface area contributed by atoms with E-state index in [1.807, 2.05) is 0 Å². The zero-order valence-electron chi connectivity index (χ0n) is 5.10. The smallest absolute Gasteiger partial charge is 0.0107 e. The molecule has 1 saturated carbocycles. The van der Waals surface area contributed by atoms with Crippen molar-refractivity contribution in [3.05, 3.63) is 0 Å². The molecule has 2 aliphatic rings. The Morgan fingerprint density at radius 1 is 1.38 bits per heavy atom. The van der Waals surface area contributed by atoms with Gasteiger partial charge in [-0.15, -0.1) is 0 Å². The quantitative estimate of drug-likeness (QED) is 0.373. The Labute approximate surface area is 53.2 Å². The van der Waals surface area contributed by atoms with Crippen LogP contribution in [0, 0.1) is 5.92 Å². The van der Waals surface area contributed by atoms with Gasteiger partial charge in [-0.3, -0.25) is 0 Å². The summed E-state index contributed by atoms with van der Waals surface area (Å²) in [5, 5.41) is 1.09. The van der Waals surface area contributed by atoms with Crippen molar-refractivity contribution in [2.45, 2.75) is 24.5 Å². The first-order valence-corrected chi connectivity index (χ1v) is 5.00. The van der Waals surface area contributed by atoms with E-state index in [0.29, 0.717) is 10.5 Å². The van der Waals surface area contributed by atoms with Crippen LogP contribution in [-0.4, -0.2) is 16.9 Å². The number of hydrogen-bond acceptors (Lipinski definition) is 0. The molecule has 1 heterocycles. The van der Waals surface area contributed by atoms with E-state index in [2.05, 4.69) is 5.87 Å². The van der Waals surface area contributed by atoms with Gasteiger partial charge < -0.3 is 0 Å². The molecule has 1 heteroatoms. The molecule has 0 nitrogen and oxygen atoms in total. The third kappa shape index (κ3) is 0.644. The molecule has 1 aliphatic carbocycles. The lowest BCUT2D eigenvalue weighted by atomic mass is 9.84. The minimum atomic E-state index is 0.622. The van der Waals surface area contributed by atoms with Gasteiger partial charge in [0.05, 0.1) is 0 Å². The highest BCUT2D eigenvalue weighted by atomic mass is 32.2. The summed E-state index contributed by atoms with van der Waals surface area (Å²) < 4.78 is 0. The van der Waals surface area contributed by atoms with E-state index in [9.17, 15) is 0 Å². The van der Waals surface area contributed by atoms with Gasteiger partial charge in [-0.1, -0.05) is 12.3 Å². The lowest BCUT2D eigenvalue weighted by molar-refractivity contribution is 0.328. The van der Waals surface area contributed by atoms with Crippen LogP contribution < -0.4 is 0 Å². The second-order valence-corrected chi connectivity index (χ2v) is 4.95. The largest absolute Gasteiger partial charge is 0.188 e. The molecule has 46 valence electrons. The first kappa shape index (κ1) is 5.04. The number of hydrogen-bond donors (Lipinski definition) is 0. The van der Waals surface area contributed by atoms with E-state index in [1.165, 1.54) is 25.0 Å². The molecule has 8 heavy (non-hydrogen) atoms. The summed E-state index contributed by atoms with van der Waals surface area (Å²) in [6.07, 6.45) is 4.53. The predicted molar refractivity (Wildman–Crippen MR) is 40.7 cm³/mol. The van der Waals surface area contributed by atoms with Gasteiger partial charge in [-0.25, -0.2) is 0 Å². The van der Waals surface area contributed by atoms with Crippen LogP contribution in [-0.2, 0) is 0 Å². The van der Waals surface area contributed by atoms with Crippen LogP contribution in [0.3, 0.4) is 0 Å². The van der Waals surface area contributed by atoms with Crippen molar-refractivity contribution in [3.63, 3.8) is 0 Å². The minimum absolute atomic E-state index is 0.622. The van der Waals surface area contributed by atoms with E-state index in [-0.39, 0.29) is 0 Å². The third-order valence-corrected chi connectivity index (χ3v) is 4.13. The van der Waals surface area contributed by atoms with Crippen molar-refractivity contribution in [1.29, 1.82) is 0 Å². The SMILES string of the molecule is C=S1CC1C1CCC1. The Bertz CT molecular complexity index is 124. The Morgan fingerprint density at radius 3 is 2.12 bits per heavy atom. The van der Waals surface area contributed by atoms with Crippen LogP contribution in [0.5, 0.6) is 0 Å². The molecule has 0 bridgehead atoms. The third-order valence-electron chi connectivity index (χ3n) is 2.37. The van der Waals surface area contributed by atoms with Gasteiger partial charge in [0.25, 0.3) is 0 Å². The minimum Gasteiger partial charge on any atom is -0.188 e. The van der Waals surface area contributed by atoms with Crippen molar-refractivity contribution in [1.82, 2.24) is 0 Å². The Balaban J connectivity index is 1.90. The fraction of sp³-hybridized carbons (Fsp3) is 0.857. The molecular formula is C7H12S. The zero-order valence-corrected chi connectivity index (χ0v) is 5.91. The molecule has 0 aromatic heterocycles. The fourth-order valence-corrected chi connectivity index (χ4v) is 3.11. The molecule has 1 saturated heterocycles. The monoisotopic (exact) mass is 128 g/mol. The van der Waals surface area contributed by atoms with Crippen LogP contribution in [0.25, 0.3) is 0 Å². The average Bonchev–Trinajstić information content (AvgIpc) is 2.13. The highest BCUT2D eigenvalue weighted by Crippen LogP contribution is 2.49. The van der Waals surface area contributed by atoms with Crippen molar-refractivity contribution in [2.24, 2.45) is 5.92 Å². The van der Waals surface area contributed by atoms with Crippen molar-refractivity contribution in [3.8, 4) is 0 Å². The van der Waals surface area contributed by atoms with Crippen LogP contribution in [0.1, 0.15) is 19.3 Å². The first-order valence-electron chi connectivity index (χ1n) is 3.37. The first-order chi connectivity index (χ1) is 3.88. The van der Waals surface area contributed by atoms with Crippen LogP contribution in [0.2, 0.25) is 0 Å². The summed E-state index contributed by atoms with van der Waals surface area (Å²) in [5.74, 6) is 6.65. The van der Waals surface area contributed by atoms with Gasteiger partial charge in [0.1, 0.15) is 0 Å². The molecule has 2 atom stereocenters. The lowest BCUT2D eigenvalue weighted by Gasteiger charge is -2.24. The molecular weight excluding hydrogens is 116 g/mol. The van der Waals surface area contributed by atoms with E-state index < -0.39 is 0 Å². The topological polar surface area (TPSA) is 0 Å². The van der Waals surface area contributed by atoms with Crippen molar-refractivity contribution < 1.29 is 0 Å². The maximum Gasteiger partial charge on any atom is 0.0107 e. The summed E-state index contributed by atoms with van der Waals surface area (Å²) in [5.41, 5.74) is 0. The second-order valence-electron chi connectivity index (χ2n) is 2.93.